The summed E-state index contributed by atoms with van der Waals surface area (Å²) >= 11 is 0. The van der Waals surface area contributed by atoms with Gasteiger partial charge in [-0.1, -0.05) is 44.5 Å². The molecule has 0 fully saturated rings. The van der Waals surface area contributed by atoms with Crippen LogP contribution in [-0.2, 0) is 16.1 Å². The summed E-state index contributed by atoms with van der Waals surface area (Å²) in [7, 11) is 0. The molecule has 0 amide bonds. The van der Waals surface area contributed by atoms with Gasteiger partial charge in [0.15, 0.2) is 0 Å². The summed E-state index contributed by atoms with van der Waals surface area (Å²) in [5.74, 6) is -0.171. The van der Waals surface area contributed by atoms with Crippen LogP contribution in [-0.4, -0.2) is 11.1 Å². The normalized spacial score (nSPS) is 13.1. The summed E-state index contributed by atoms with van der Waals surface area (Å²) in [6.07, 6.45) is 2.07. The van der Waals surface area contributed by atoms with Crippen molar-refractivity contribution in [2.24, 2.45) is 5.41 Å². The van der Waals surface area contributed by atoms with E-state index in [1.54, 1.807) is 0 Å². The zero-order chi connectivity index (χ0) is 15.2. The molecule has 0 aromatic heterocycles. The van der Waals surface area contributed by atoms with Crippen LogP contribution in [0.25, 0.3) is 0 Å². The molecule has 0 aliphatic heterocycles. The first-order valence-corrected chi connectivity index (χ1v) is 7.34. The van der Waals surface area contributed by atoms with Crippen LogP contribution in [0.5, 0.6) is 0 Å². The fourth-order valence-corrected chi connectivity index (χ4v) is 1.76. The average Bonchev–Trinajstić information content (AvgIpc) is 2.45. The van der Waals surface area contributed by atoms with E-state index in [1.807, 2.05) is 52.0 Å². The van der Waals surface area contributed by atoms with Crippen LogP contribution in [0.3, 0.4) is 0 Å². The highest BCUT2D eigenvalue weighted by Gasteiger charge is 2.26. The lowest BCUT2D eigenvalue weighted by atomic mass is 9.91. The van der Waals surface area contributed by atoms with Gasteiger partial charge in [-0.15, -0.1) is 0 Å². The number of hydrogen-bond acceptors (Lipinski definition) is 3. The molecule has 0 aliphatic rings. The van der Waals surface area contributed by atoms with Crippen LogP contribution in [0.2, 0.25) is 0 Å². The number of hydrogen-bond donors (Lipinski definition) is 1. The molecule has 1 aromatic rings. The Hall–Kier alpha value is -1.35. The predicted molar refractivity (Wildman–Crippen MR) is 80.2 cm³/mol. The largest absolute Gasteiger partial charge is 0.460 e. The van der Waals surface area contributed by atoms with Crippen LogP contribution < -0.4 is 0 Å². The maximum Gasteiger partial charge on any atom is 0.311 e. The van der Waals surface area contributed by atoms with Crippen LogP contribution in [0.1, 0.15) is 64.2 Å². The average molecular weight is 278 g/mol. The third-order valence-corrected chi connectivity index (χ3v) is 3.73. The van der Waals surface area contributed by atoms with Gasteiger partial charge >= 0.3 is 5.97 Å². The maximum absolute atomic E-state index is 11.9. The van der Waals surface area contributed by atoms with Crippen LogP contribution in [0.15, 0.2) is 24.3 Å². The first-order chi connectivity index (χ1) is 9.40. The van der Waals surface area contributed by atoms with E-state index in [1.165, 1.54) is 0 Å². The smallest absolute Gasteiger partial charge is 0.311 e. The van der Waals surface area contributed by atoms with Gasteiger partial charge in [0.1, 0.15) is 6.61 Å². The van der Waals surface area contributed by atoms with Crippen molar-refractivity contribution in [2.45, 2.75) is 59.7 Å². The Labute approximate surface area is 122 Å². The minimum Gasteiger partial charge on any atom is -0.460 e. The van der Waals surface area contributed by atoms with Crippen molar-refractivity contribution in [1.29, 1.82) is 0 Å². The molecule has 0 aliphatic carbocycles. The molecule has 3 nitrogen and oxygen atoms in total. The molecule has 1 N–H and O–H groups in total. The molecule has 0 radical (unpaired) electrons. The number of ether oxygens (including phenoxy) is 1. The van der Waals surface area contributed by atoms with E-state index in [0.717, 1.165) is 30.4 Å². The van der Waals surface area contributed by atoms with Gasteiger partial charge in [-0.05, 0) is 37.8 Å². The Morgan fingerprint density at radius 3 is 2.35 bits per heavy atom. The van der Waals surface area contributed by atoms with Gasteiger partial charge < -0.3 is 9.84 Å². The monoisotopic (exact) mass is 278 g/mol. The van der Waals surface area contributed by atoms with Gasteiger partial charge in [-0.25, -0.2) is 0 Å². The third kappa shape index (κ3) is 4.64. The second-order valence-electron chi connectivity index (χ2n) is 5.86. The number of carbonyl (C=O) groups is 1. The summed E-state index contributed by atoms with van der Waals surface area (Å²) in [4.78, 5) is 11.9. The SMILES string of the molecule is CCCC(O)c1ccc(COC(=O)C(C)(C)CC)cc1. The van der Waals surface area contributed by atoms with E-state index >= 15 is 0 Å². The highest BCUT2D eigenvalue weighted by molar-refractivity contribution is 5.75. The summed E-state index contributed by atoms with van der Waals surface area (Å²) in [5, 5.41) is 9.88. The van der Waals surface area contributed by atoms with Gasteiger partial charge in [0.2, 0.25) is 0 Å². The minimum atomic E-state index is -0.433. The molecule has 0 heterocycles. The Balaban J connectivity index is 2.56. The molecule has 112 valence electrons. The van der Waals surface area contributed by atoms with E-state index in [2.05, 4.69) is 0 Å². The fourth-order valence-electron chi connectivity index (χ4n) is 1.76. The van der Waals surface area contributed by atoms with Crippen molar-refractivity contribution in [3.05, 3.63) is 35.4 Å². The number of esters is 1. The molecule has 1 aromatic carbocycles. The summed E-state index contributed by atoms with van der Waals surface area (Å²) < 4.78 is 5.33. The van der Waals surface area contributed by atoms with Crippen LogP contribution >= 0.6 is 0 Å². The van der Waals surface area contributed by atoms with E-state index in [9.17, 15) is 9.90 Å². The molecule has 1 unspecified atom stereocenters. The van der Waals surface area contributed by atoms with Crippen molar-refractivity contribution in [3.63, 3.8) is 0 Å². The molecule has 1 atom stereocenters. The summed E-state index contributed by atoms with van der Waals surface area (Å²) in [6, 6.07) is 7.60. The predicted octanol–water partition coefficient (Wildman–Crippen LogP) is 4.00. The van der Waals surface area contributed by atoms with Crippen molar-refractivity contribution in [2.75, 3.05) is 0 Å². The topological polar surface area (TPSA) is 46.5 Å². The molecular formula is C17H26O3. The van der Waals surface area contributed by atoms with Gasteiger partial charge in [0.25, 0.3) is 0 Å². The van der Waals surface area contributed by atoms with E-state index in [4.69, 9.17) is 4.74 Å². The minimum absolute atomic E-state index is 0.171. The van der Waals surface area contributed by atoms with E-state index < -0.39 is 11.5 Å². The number of carbonyl (C=O) groups excluding carboxylic acids is 1. The lowest BCUT2D eigenvalue weighted by molar-refractivity contribution is -0.155. The van der Waals surface area contributed by atoms with Gasteiger partial charge in [0, 0.05) is 0 Å². The fraction of sp³-hybridized carbons (Fsp3) is 0.588. The number of aliphatic hydroxyl groups is 1. The van der Waals surface area contributed by atoms with Gasteiger partial charge in [0.05, 0.1) is 11.5 Å². The quantitative estimate of drug-likeness (QED) is 0.767. The Morgan fingerprint density at radius 1 is 1.25 bits per heavy atom. The molecular weight excluding hydrogens is 252 g/mol. The summed E-state index contributed by atoms with van der Waals surface area (Å²) in [5.41, 5.74) is 1.42. The lowest BCUT2D eigenvalue weighted by Crippen LogP contribution is -2.25. The van der Waals surface area contributed by atoms with Crippen molar-refractivity contribution in [1.82, 2.24) is 0 Å². The Kier molecular flexibility index (Phi) is 6.21. The highest BCUT2D eigenvalue weighted by Crippen LogP contribution is 2.23. The first kappa shape index (κ1) is 16.7. The molecule has 0 spiro atoms. The second-order valence-corrected chi connectivity index (χ2v) is 5.86. The molecule has 0 bridgehead atoms. The highest BCUT2D eigenvalue weighted by atomic mass is 16.5. The molecule has 3 heteroatoms. The molecule has 0 saturated heterocycles. The van der Waals surface area contributed by atoms with Crippen molar-refractivity contribution >= 4 is 5.97 Å². The standard InChI is InChI=1S/C17H26O3/c1-5-7-15(18)14-10-8-13(9-11-14)12-20-16(19)17(3,4)6-2/h8-11,15,18H,5-7,12H2,1-4H3. The second kappa shape index (κ2) is 7.44. The lowest BCUT2D eigenvalue weighted by Gasteiger charge is -2.20. The summed E-state index contributed by atoms with van der Waals surface area (Å²) in [6.45, 7) is 8.09. The molecule has 0 saturated carbocycles. The van der Waals surface area contributed by atoms with Crippen LogP contribution in [0, 0.1) is 5.41 Å². The molecule has 20 heavy (non-hydrogen) atoms. The maximum atomic E-state index is 11.9. The van der Waals surface area contributed by atoms with Gasteiger partial charge in [-0.2, -0.15) is 0 Å². The first-order valence-electron chi connectivity index (χ1n) is 7.34. The number of aliphatic hydroxyl groups excluding tert-OH is 1. The van der Waals surface area contributed by atoms with Gasteiger partial charge in [-0.3, -0.25) is 4.79 Å². The van der Waals surface area contributed by atoms with Crippen molar-refractivity contribution in [3.8, 4) is 0 Å². The Morgan fingerprint density at radius 2 is 1.85 bits per heavy atom. The van der Waals surface area contributed by atoms with E-state index in [-0.39, 0.29) is 12.6 Å². The van der Waals surface area contributed by atoms with E-state index in [0.29, 0.717) is 0 Å². The van der Waals surface area contributed by atoms with Crippen molar-refractivity contribution < 1.29 is 14.6 Å². The van der Waals surface area contributed by atoms with Crippen LogP contribution in [0.4, 0.5) is 0 Å². The zero-order valence-electron chi connectivity index (χ0n) is 13.0. The molecule has 1 rings (SSSR count). The third-order valence-electron chi connectivity index (χ3n) is 3.73. The zero-order valence-corrected chi connectivity index (χ0v) is 13.0. The Bertz CT molecular complexity index is 420. The number of rotatable bonds is 7. The number of benzene rings is 1.